The van der Waals surface area contributed by atoms with Crippen molar-refractivity contribution in [3.05, 3.63) is 59.2 Å². The highest BCUT2D eigenvalue weighted by Crippen LogP contribution is 2.26. The number of hydrogen-bond acceptors (Lipinski definition) is 3. The number of urea groups is 1. The van der Waals surface area contributed by atoms with Crippen molar-refractivity contribution in [2.24, 2.45) is 0 Å². The molecule has 0 radical (unpaired) electrons. The largest absolute Gasteiger partial charge is 0.489 e. The Morgan fingerprint density at radius 3 is 2.33 bits per heavy atom. The van der Waals surface area contributed by atoms with Crippen LogP contribution in [-0.4, -0.2) is 19.0 Å². The van der Waals surface area contributed by atoms with Gasteiger partial charge in [0.2, 0.25) is 0 Å². The molecule has 0 saturated heterocycles. The van der Waals surface area contributed by atoms with E-state index in [4.69, 9.17) is 10.1 Å². The highest BCUT2D eigenvalue weighted by atomic mass is 16.5. The Morgan fingerprint density at radius 1 is 1.12 bits per heavy atom. The minimum Gasteiger partial charge on any atom is -0.489 e. The highest BCUT2D eigenvalue weighted by Gasteiger charge is 2.10. The molecule has 0 aliphatic carbocycles. The second-order valence-electron chi connectivity index (χ2n) is 5.41. The van der Waals surface area contributed by atoms with Gasteiger partial charge in [0.1, 0.15) is 12.4 Å². The van der Waals surface area contributed by atoms with Crippen LogP contribution >= 0.6 is 0 Å². The van der Waals surface area contributed by atoms with Gasteiger partial charge in [0.05, 0.1) is 0 Å². The standard InChI is InChI=1S/C18H22N4O2/c1-12-9-15(24-11-14-7-5-4-6-8-14)10-13(2)16(12)21-18(23)22-17(19)20-3/h4-10H,11H2,1-3H3,(H4,19,20,21,22,23). The third-order valence-corrected chi connectivity index (χ3v) is 3.48. The first-order valence-electron chi connectivity index (χ1n) is 7.62. The average Bonchev–Trinajstić information content (AvgIpc) is 2.57. The maximum absolute atomic E-state index is 11.8. The number of hydrogen-bond donors (Lipinski definition) is 4. The molecule has 126 valence electrons. The minimum absolute atomic E-state index is 0.0642. The maximum atomic E-state index is 11.8. The Morgan fingerprint density at radius 2 is 1.75 bits per heavy atom. The molecule has 2 aromatic carbocycles. The third kappa shape index (κ3) is 4.74. The van der Waals surface area contributed by atoms with Crippen molar-refractivity contribution in [2.45, 2.75) is 20.5 Å². The quantitative estimate of drug-likeness (QED) is 0.514. The molecule has 0 unspecified atom stereocenters. The fourth-order valence-electron chi connectivity index (χ4n) is 2.27. The Labute approximate surface area is 141 Å². The number of carbonyl (C=O) groups is 1. The molecule has 6 heteroatoms. The summed E-state index contributed by atoms with van der Waals surface area (Å²) in [6.45, 7) is 4.30. The molecular formula is C18H22N4O2. The molecule has 2 aromatic rings. The molecule has 6 nitrogen and oxygen atoms in total. The number of aryl methyl sites for hydroxylation is 2. The number of guanidine groups is 1. The number of carbonyl (C=O) groups excluding carboxylic acids is 1. The summed E-state index contributed by atoms with van der Waals surface area (Å²) in [4.78, 5) is 11.8. The molecule has 2 rings (SSSR count). The summed E-state index contributed by atoms with van der Waals surface area (Å²) in [5, 5.41) is 15.1. The lowest BCUT2D eigenvalue weighted by atomic mass is 10.1. The molecule has 24 heavy (non-hydrogen) atoms. The molecule has 0 aliphatic heterocycles. The number of rotatable bonds is 4. The van der Waals surface area contributed by atoms with Gasteiger partial charge >= 0.3 is 6.03 Å². The molecule has 0 aromatic heterocycles. The van der Waals surface area contributed by atoms with Crippen molar-refractivity contribution in [1.29, 1.82) is 5.41 Å². The highest BCUT2D eigenvalue weighted by molar-refractivity contribution is 6.02. The van der Waals surface area contributed by atoms with Crippen LogP contribution in [0.5, 0.6) is 5.75 Å². The first kappa shape index (κ1) is 17.3. The SMILES string of the molecule is CNC(=N)NC(=O)Nc1c(C)cc(OCc2ccccc2)cc1C. The van der Waals surface area contributed by atoms with Gasteiger partial charge in [0.25, 0.3) is 0 Å². The van der Waals surface area contributed by atoms with Gasteiger partial charge in [-0.3, -0.25) is 10.7 Å². The van der Waals surface area contributed by atoms with Gasteiger partial charge in [-0.25, -0.2) is 4.79 Å². The maximum Gasteiger partial charge on any atom is 0.326 e. The zero-order valence-electron chi connectivity index (χ0n) is 14.1. The number of benzene rings is 2. The van der Waals surface area contributed by atoms with Crippen LogP contribution < -0.4 is 20.7 Å². The van der Waals surface area contributed by atoms with E-state index in [1.807, 2.05) is 56.3 Å². The van der Waals surface area contributed by atoms with Gasteiger partial charge in [0.15, 0.2) is 5.96 Å². The molecule has 0 aliphatic rings. The molecule has 4 N–H and O–H groups in total. The van der Waals surface area contributed by atoms with Gasteiger partial charge in [-0.2, -0.15) is 0 Å². The van der Waals surface area contributed by atoms with E-state index in [1.165, 1.54) is 0 Å². The second-order valence-corrected chi connectivity index (χ2v) is 5.41. The van der Waals surface area contributed by atoms with E-state index in [1.54, 1.807) is 7.05 Å². The Bertz CT molecular complexity index is 706. The van der Waals surface area contributed by atoms with Crippen LogP contribution in [0.4, 0.5) is 10.5 Å². The fraction of sp³-hybridized carbons (Fsp3) is 0.222. The summed E-state index contributed by atoms with van der Waals surface area (Å²) in [5.74, 6) is 0.688. The predicted octanol–water partition coefficient (Wildman–Crippen LogP) is 3.16. The number of anilines is 1. The van der Waals surface area contributed by atoms with Crippen molar-refractivity contribution in [3.63, 3.8) is 0 Å². The zero-order valence-corrected chi connectivity index (χ0v) is 14.1. The Kier molecular flexibility index (Phi) is 5.78. The van der Waals surface area contributed by atoms with Crippen LogP contribution in [0.3, 0.4) is 0 Å². The van der Waals surface area contributed by atoms with Crippen LogP contribution in [0.25, 0.3) is 0 Å². The van der Waals surface area contributed by atoms with Crippen molar-refractivity contribution in [3.8, 4) is 5.75 Å². The summed E-state index contributed by atoms with van der Waals surface area (Å²) in [6, 6.07) is 13.3. The molecule has 0 fully saturated rings. The van der Waals surface area contributed by atoms with Crippen LogP contribution in [0.1, 0.15) is 16.7 Å². The fourth-order valence-corrected chi connectivity index (χ4v) is 2.27. The van der Waals surface area contributed by atoms with Gasteiger partial charge in [0, 0.05) is 12.7 Å². The molecule has 0 heterocycles. The number of amides is 2. The smallest absolute Gasteiger partial charge is 0.326 e. The van der Waals surface area contributed by atoms with Gasteiger partial charge in [-0.15, -0.1) is 0 Å². The lowest BCUT2D eigenvalue weighted by molar-refractivity contribution is 0.256. The average molecular weight is 326 g/mol. The lowest BCUT2D eigenvalue weighted by Crippen LogP contribution is -2.40. The van der Waals surface area contributed by atoms with Crippen molar-refractivity contribution in [2.75, 3.05) is 12.4 Å². The van der Waals surface area contributed by atoms with E-state index in [0.29, 0.717) is 12.3 Å². The van der Waals surface area contributed by atoms with Gasteiger partial charge in [-0.05, 0) is 42.7 Å². The van der Waals surface area contributed by atoms with Crippen molar-refractivity contribution < 1.29 is 9.53 Å². The zero-order chi connectivity index (χ0) is 17.5. The van der Waals surface area contributed by atoms with Crippen LogP contribution in [0, 0.1) is 19.3 Å². The monoisotopic (exact) mass is 326 g/mol. The summed E-state index contributed by atoms with van der Waals surface area (Å²) < 4.78 is 5.82. The van der Waals surface area contributed by atoms with Crippen LogP contribution in [-0.2, 0) is 6.61 Å². The molecule has 0 atom stereocenters. The first-order chi connectivity index (χ1) is 11.5. The van der Waals surface area contributed by atoms with E-state index >= 15 is 0 Å². The van der Waals surface area contributed by atoms with E-state index in [2.05, 4.69) is 16.0 Å². The van der Waals surface area contributed by atoms with Crippen LogP contribution in [0.15, 0.2) is 42.5 Å². The van der Waals surface area contributed by atoms with Gasteiger partial charge < -0.3 is 15.4 Å². The van der Waals surface area contributed by atoms with Crippen LogP contribution in [0.2, 0.25) is 0 Å². The van der Waals surface area contributed by atoms with Gasteiger partial charge in [-0.1, -0.05) is 30.3 Å². The molecular weight excluding hydrogens is 304 g/mol. The van der Waals surface area contributed by atoms with Crippen molar-refractivity contribution in [1.82, 2.24) is 10.6 Å². The summed E-state index contributed by atoms with van der Waals surface area (Å²) in [7, 11) is 1.57. The molecule has 0 bridgehead atoms. The lowest BCUT2D eigenvalue weighted by Gasteiger charge is -2.15. The van der Waals surface area contributed by atoms with E-state index in [9.17, 15) is 4.79 Å². The van der Waals surface area contributed by atoms with Crippen molar-refractivity contribution >= 4 is 17.7 Å². The topological polar surface area (TPSA) is 86.2 Å². The number of nitrogens with one attached hydrogen (secondary N) is 4. The van der Waals surface area contributed by atoms with E-state index < -0.39 is 6.03 Å². The Balaban J connectivity index is 2.05. The Hall–Kier alpha value is -3.02. The predicted molar refractivity (Wildman–Crippen MR) is 95.6 cm³/mol. The van der Waals surface area contributed by atoms with E-state index in [-0.39, 0.29) is 5.96 Å². The number of ether oxygens (including phenoxy) is 1. The summed E-state index contributed by atoms with van der Waals surface area (Å²) in [6.07, 6.45) is 0. The third-order valence-electron chi connectivity index (χ3n) is 3.48. The normalized spacial score (nSPS) is 9.96. The first-order valence-corrected chi connectivity index (χ1v) is 7.62. The second kappa shape index (κ2) is 8.01. The minimum atomic E-state index is -0.460. The summed E-state index contributed by atoms with van der Waals surface area (Å²) >= 11 is 0. The molecule has 0 saturated carbocycles. The molecule has 2 amide bonds. The van der Waals surface area contributed by atoms with E-state index in [0.717, 1.165) is 22.4 Å². The summed E-state index contributed by atoms with van der Waals surface area (Å²) in [5.41, 5.74) is 3.59. The molecule has 0 spiro atoms.